The molecule has 5 heteroatoms. The standard InChI is InChI=1S/C11H12ClN3O/c1-6(13)4-10-8-5-7(12)2-3-9(8)14-11(16)15-10/h2-3,5-6H,4,13H2,1H3,(H,14,15,16). The van der Waals surface area contributed by atoms with Gasteiger partial charge in [0, 0.05) is 28.6 Å². The number of aromatic nitrogens is 2. The van der Waals surface area contributed by atoms with Crippen molar-refractivity contribution in [1.29, 1.82) is 0 Å². The fourth-order valence-corrected chi connectivity index (χ4v) is 1.84. The van der Waals surface area contributed by atoms with Crippen molar-refractivity contribution in [2.75, 3.05) is 0 Å². The van der Waals surface area contributed by atoms with Crippen LogP contribution in [0.15, 0.2) is 23.0 Å². The van der Waals surface area contributed by atoms with Crippen molar-refractivity contribution in [3.8, 4) is 0 Å². The van der Waals surface area contributed by atoms with Crippen LogP contribution in [0.5, 0.6) is 0 Å². The third-order valence-electron chi connectivity index (χ3n) is 2.29. The Hall–Kier alpha value is -1.39. The predicted molar refractivity (Wildman–Crippen MR) is 64.7 cm³/mol. The molecule has 0 saturated carbocycles. The maximum absolute atomic E-state index is 11.3. The van der Waals surface area contributed by atoms with E-state index in [1.54, 1.807) is 18.2 Å². The van der Waals surface area contributed by atoms with Crippen LogP contribution in [-0.4, -0.2) is 16.0 Å². The zero-order valence-electron chi connectivity index (χ0n) is 8.83. The highest BCUT2D eigenvalue weighted by molar-refractivity contribution is 6.31. The molecular formula is C11H12ClN3O. The first kappa shape index (κ1) is 11.1. The first-order valence-corrected chi connectivity index (χ1v) is 5.38. The lowest BCUT2D eigenvalue weighted by atomic mass is 10.1. The Morgan fingerprint density at radius 2 is 2.31 bits per heavy atom. The highest BCUT2D eigenvalue weighted by atomic mass is 35.5. The molecule has 1 unspecified atom stereocenters. The van der Waals surface area contributed by atoms with Gasteiger partial charge in [0.1, 0.15) is 0 Å². The molecule has 1 aromatic carbocycles. The normalized spacial score (nSPS) is 12.9. The summed E-state index contributed by atoms with van der Waals surface area (Å²) >= 11 is 5.92. The highest BCUT2D eigenvalue weighted by Crippen LogP contribution is 2.19. The van der Waals surface area contributed by atoms with E-state index in [4.69, 9.17) is 17.3 Å². The van der Waals surface area contributed by atoms with Gasteiger partial charge >= 0.3 is 5.69 Å². The summed E-state index contributed by atoms with van der Waals surface area (Å²) in [6, 6.07) is 5.21. The monoisotopic (exact) mass is 237 g/mol. The van der Waals surface area contributed by atoms with Gasteiger partial charge in [-0.2, -0.15) is 4.98 Å². The Balaban J connectivity index is 2.69. The first-order valence-electron chi connectivity index (χ1n) is 5.00. The van der Waals surface area contributed by atoms with Crippen molar-refractivity contribution in [2.24, 2.45) is 5.73 Å². The minimum absolute atomic E-state index is 0.0276. The van der Waals surface area contributed by atoms with Crippen LogP contribution >= 0.6 is 11.6 Å². The molecule has 0 fully saturated rings. The molecule has 1 heterocycles. The minimum Gasteiger partial charge on any atom is -0.328 e. The van der Waals surface area contributed by atoms with Crippen LogP contribution in [0.3, 0.4) is 0 Å². The van der Waals surface area contributed by atoms with Gasteiger partial charge in [-0.1, -0.05) is 11.6 Å². The lowest BCUT2D eigenvalue weighted by Gasteiger charge is -2.08. The second-order valence-corrected chi connectivity index (χ2v) is 4.30. The number of hydrogen-bond donors (Lipinski definition) is 2. The molecule has 0 saturated heterocycles. The Morgan fingerprint density at radius 1 is 1.56 bits per heavy atom. The number of nitrogens with two attached hydrogens (primary N) is 1. The maximum atomic E-state index is 11.3. The number of benzene rings is 1. The van der Waals surface area contributed by atoms with Gasteiger partial charge in [-0.15, -0.1) is 0 Å². The molecule has 0 aliphatic rings. The summed E-state index contributed by atoms with van der Waals surface area (Å²) in [6.07, 6.45) is 0.592. The van der Waals surface area contributed by atoms with Gasteiger partial charge in [0.2, 0.25) is 0 Å². The molecule has 16 heavy (non-hydrogen) atoms. The van der Waals surface area contributed by atoms with Gasteiger partial charge in [0.15, 0.2) is 0 Å². The van der Waals surface area contributed by atoms with Gasteiger partial charge in [0.25, 0.3) is 0 Å². The predicted octanol–water partition coefficient (Wildman–Crippen LogP) is 1.47. The molecule has 84 valence electrons. The number of aromatic amines is 1. The van der Waals surface area contributed by atoms with Crippen LogP contribution in [0.4, 0.5) is 0 Å². The van der Waals surface area contributed by atoms with Gasteiger partial charge < -0.3 is 10.7 Å². The van der Waals surface area contributed by atoms with E-state index >= 15 is 0 Å². The fourth-order valence-electron chi connectivity index (χ4n) is 1.66. The molecule has 0 radical (unpaired) electrons. The molecule has 2 rings (SSSR count). The van der Waals surface area contributed by atoms with Crippen molar-refractivity contribution in [3.63, 3.8) is 0 Å². The zero-order chi connectivity index (χ0) is 11.7. The number of halogens is 1. The number of H-pyrrole nitrogens is 1. The van der Waals surface area contributed by atoms with Crippen LogP contribution in [-0.2, 0) is 6.42 Å². The summed E-state index contributed by atoms with van der Waals surface area (Å²) in [5.41, 5.74) is 6.80. The van der Waals surface area contributed by atoms with Gasteiger partial charge in [0.05, 0.1) is 5.52 Å². The third kappa shape index (κ3) is 2.23. The average Bonchev–Trinajstić information content (AvgIpc) is 2.18. The minimum atomic E-state index is -0.356. The molecule has 2 aromatic rings. The Labute approximate surface area is 97.5 Å². The summed E-state index contributed by atoms with van der Waals surface area (Å²) < 4.78 is 0. The molecule has 1 atom stereocenters. The topological polar surface area (TPSA) is 71.8 Å². The second kappa shape index (κ2) is 4.23. The van der Waals surface area contributed by atoms with Crippen LogP contribution < -0.4 is 11.4 Å². The lowest BCUT2D eigenvalue weighted by molar-refractivity contribution is 0.722. The summed E-state index contributed by atoms with van der Waals surface area (Å²) in [6.45, 7) is 1.88. The maximum Gasteiger partial charge on any atom is 0.345 e. The molecule has 1 aromatic heterocycles. The number of rotatable bonds is 2. The number of nitrogens with one attached hydrogen (secondary N) is 1. The van der Waals surface area contributed by atoms with E-state index in [-0.39, 0.29) is 11.7 Å². The van der Waals surface area contributed by atoms with Crippen LogP contribution in [0, 0.1) is 0 Å². The Morgan fingerprint density at radius 3 is 3.00 bits per heavy atom. The SMILES string of the molecule is CC(N)Cc1[nH]c(=O)nc2ccc(Cl)cc12. The van der Waals surface area contributed by atoms with E-state index in [0.717, 1.165) is 11.1 Å². The molecule has 3 N–H and O–H groups in total. The molecule has 4 nitrogen and oxygen atoms in total. The lowest BCUT2D eigenvalue weighted by Crippen LogP contribution is -2.22. The Bertz CT molecular complexity index is 577. The average molecular weight is 238 g/mol. The van der Waals surface area contributed by atoms with E-state index in [2.05, 4.69) is 9.97 Å². The first-order chi connectivity index (χ1) is 7.56. The van der Waals surface area contributed by atoms with Crippen molar-refractivity contribution in [3.05, 3.63) is 39.4 Å². The van der Waals surface area contributed by atoms with Crippen molar-refractivity contribution in [1.82, 2.24) is 9.97 Å². The smallest absolute Gasteiger partial charge is 0.328 e. The third-order valence-corrected chi connectivity index (χ3v) is 2.52. The quantitative estimate of drug-likeness (QED) is 0.831. The van der Waals surface area contributed by atoms with Crippen LogP contribution in [0.1, 0.15) is 12.6 Å². The highest BCUT2D eigenvalue weighted by Gasteiger charge is 2.07. The summed E-state index contributed by atoms with van der Waals surface area (Å²) in [5, 5.41) is 1.47. The fraction of sp³-hybridized carbons (Fsp3) is 0.273. The zero-order valence-corrected chi connectivity index (χ0v) is 9.58. The molecule has 0 amide bonds. The number of fused-ring (bicyclic) bond motifs is 1. The van der Waals surface area contributed by atoms with E-state index < -0.39 is 0 Å². The molecule has 0 aliphatic carbocycles. The second-order valence-electron chi connectivity index (χ2n) is 3.86. The number of hydrogen-bond acceptors (Lipinski definition) is 3. The van der Waals surface area contributed by atoms with Crippen molar-refractivity contribution in [2.45, 2.75) is 19.4 Å². The van der Waals surface area contributed by atoms with Crippen molar-refractivity contribution < 1.29 is 0 Å². The number of nitrogens with zero attached hydrogens (tertiary/aromatic N) is 1. The summed E-state index contributed by atoms with van der Waals surface area (Å²) in [7, 11) is 0. The van der Waals surface area contributed by atoms with E-state index in [9.17, 15) is 4.79 Å². The van der Waals surface area contributed by atoms with Gasteiger partial charge in [-0.25, -0.2) is 4.79 Å². The summed E-state index contributed by atoms with van der Waals surface area (Å²) in [4.78, 5) is 17.9. The molecule has 0 spiro atoms. The van der Waals surface area contributed by atoms with Gasteiger partial charge in [-0.05, 0) is 25.1 Å². The van der Waals surface area contributed by atoms with Crippen LogP contribution in [0.25, 0.3) is 10.9 Å². The van der Waals surface area contributed by atoms with E-state index in [0.29, 0.717) is 17.0 Å². The van der Waals surface area contributed by atoms with Crippen molar-refractivity contribution >= 4 is 22.5 Å². The van der Waals surface area contributed by atoms with Crippen LogP contribution in [0.2, 0.25) is 5.02 Å². The molecule has 0 bridgehead atoms. The van der Waals surface area contributed by atoms with E-state index in [1.165, 1.54) is 0 Å². The largest absolute Gasteiger partial charge is 0.345 e. The van der Waals surface area contributed by atoms with E-state index in [1.807, 2.05) is 6.92 Å². The molecule has 0 aliphatic heterocycles. The summed E-state index contributed by atoms with van der Waals surface area (Å²) in [5.74, 6) is 0. The molecular weight excluding hydrogens is 226 g/mol. The van der Waals surface area contributed by atoms with Gasteiger partial charge in [-0.3, -0.25) is 0 Å². The Kier molecular flexibility index (Phi) is 2.94.